The van der Waals surface area contributed by atoms with Gasteiger partial charge in [-0.15, -0.1) is 11.3 Å². The molecule has 0 atom stereocenters. The minimum atomic E-state index is -0.559. The second-order valence-corrected chi connectivity index (χ2v) is 5.65. The van der Waals surface area contributed by atoms with Crippen LogP contribution in [0.1, 0.15) is 17.7 Å². The van der Waals surface area contributed by atoms with Gasteiger partial charge in [0.05, 0.1) is 5.69 Å². The maximum atomic E-state index is 13.3. The van der Waals surface area contributed by atoms with Gasteiger partial charge >= 0.3 is 5.97 Å². The van der Waals surface area contributed by atoms with E-state index in [1.807, 2.05) is 17.5 Å². The van der Waals surface area contributed by atoms with Gasteiger partial charge in [-0.3, -0.25) is 9.59 Å². The first-order chi connectivity index (χ1) is 10.6. The SMILES string of the molecule is O=C(COC(=O)CCCc1cccs1)Nc1ccccc1F. The van der Waals surface area contributed by atoms with Crippen molar-refractivity contribution >= 4 is 28.9 Å². The Kier molecular flexibility index (Phi) is 6.09. The van der Waals surface area contributed by atoms with Crippen LogP contribution >= 0.6 is 11.3 Å². The van der Waals surface area contributed by atoms with Gasteiger partial charge in [-0.25, -0.2) is 4.39 Å². The summed E-state index contributed by atoms with van der Waals surface area (Å²) in [5.41, 5.74) is 0.0706. The Balaban J connectivity index is 1.65. The van der Waals surface area contributed by atoms with Crippen LogP contribution in [-0.4, -0.2) is 18.5 Å². The van der Waals surface area contributed by atoms with Crippen LogP contribution in [0.25, 0.3) is 0 Å². The van der Waals surface area contributed by atoms with Crippen LogP contribution < -0.4 is 5.32 Å². The Bertz CT molecular complexity index is 628. The third-order valence-electron chi connectivity index (χ3n) is 2.90. The summed E-state index contributed by atoms with van der Waals surface area (Å²) in [6.45, 7) is -0.411. The molecule has 0 fully saturated rings. The van der Waals surface area contributed by atoms with E-state index in [1.54, 1.807) is 17.4 Å². The quantitative estimate of drug-likeness (QED) is 0.795. The van der Waals surface area contributed by atoms with Crippen molar-refractivity contribution in [1.82, 2.24) is 0 Å². The van der Waals surface area contributed by atoms with Crippen LogP contribution in [0, 0.1) is 5.82 Å². The molecule has 0 aliphatic carbocycles. The number of rotatable bonds is 7. The minimum absolute atomic E-state index is 0.0706. The van der Waals surface area contributed by atoms with Crippen molar-refractivity contribution < 1.29 is 18.7 Å². The van der Waals surface area contributed by atoms with Crippen LogP contribution in [0.2, 0.25) is 0 Å². The number of anilines is 1. The molecule has 0 radical (unpaired) electrons. The number of benzene rings is 1. The molecule has 1 N–H and O–H groups in total. The molecule has 2 aromatic rings. The van der Waals surface area contributed by atoms with Gasteiger partial charge in [-0.1, -0.05) is 18.2 Å². The fraction of sp³-hybridized carbons (Fsp3) is 0.250. The molecule has 1 aromatic heterocycles. The van der Waals surface area contributed by atoms with Gasteiger partial charge in [0, 0.05) is 11.3 Å². The zero-order valence-corrected chi connectivity index (χ0v) is 12.7. The highest BCUT2D eigenvalue weighted by molar-refractivity contribution is 7.09. The van der Waals surface area contributed by atoms with E-state index in [0.29, 0.717) is 6.42 Å². The topological polar surface area (TPSA) is 55.4 Å². The summed E-state index contributed by atoms with van der Waals surface area (Å²) in [6.07, 6.45) is 1.74. The number of nitrogens with one attached hydrogen (secondary N) is 1. The zero-order valence-electron chi connectivity index (χ0n) is 11.9. The molecular formula is C16H16FNO3S. The number of hydrogen-bond acceptors (Lipinski definition) is 4. The normalized spacial score (nSPS) is 10.2. The number of halogens is 1. The van der Waals surface area contributed by atoms with Crippen molar-refractivity contribution in [2.75, 3.05) is 11.9 Å². The molecule has 0 bridgehead atoms. The van der Waals surface area contributed by atoms with Crippen molar-refractivity contribution in [2.45, 2.75) is 19.3 Å². The standard InChI is InChI=1S/C16H16FNO3S/c17-13-7-1-2-8-14(13)18-15(19)11-21-16(20)9-3-5-12-6-4-10-22-12/h1-2,4,6-8,10H,3,5,9,11H2,(H,18,19). The molecule has 0 aliphatic heterocycles. The number of aryl methyl sites for hydroxylation is 1. The number of para-hydroxylation sites is 1. The van der Waals surface area contributed by atoms with Crippen molar-refractivity contribution in [1.29, 1.82) is 0 Å². The van der Waals surface area contributed by atoms with Crippen LogP contribution in [0.3, 0.4) is 0 Å². The van der Waals surface area contributed by atoms with Crippen LogP contribution in [0.4, 0.5) is 10.1 Å². The fourth-order valence-corrected chi connectivity index (χ4v) is 2.58. The van der Waals surface area contributed by atoms with E-state index in [0.717, 1.165) is 6.42 Å². The Labute approximate surface area is 131 Å². The number of carbonyl (C=O) groups is 2. The molecule has 1 aromatic carbocycles. The second-order valence-electron chi connectivity index (χ2n) is 4.62. The van der Waals surface area contributed by atoms with Gasteiger partial charge in [-0.2, -0.15) is 0 Å². The maximum absolute atomic E-state index is 13.3. The smallest absolute Gasteiger partial charge is 0.306 e. The molecule has 0 unspecified atom stereocenters. The summed E-state index contributed by atoms with van der Waals surface area (Å²) in [4.78, 5) is 24.3. The lowest BCUT2D eigenvalue weighted by Crippen LogP contribution is -2.21. The summed E-state index contributed by atoms with van der Waals surface area (Å²) in [7, 11) is 0. The van der Waals surface area contributed by atoms with Gasteiger partial charge in [0.25, 0.3) is 5.91 Å². The van der Waals surface area contributed by atoms with Gasteiger partial charge in [0.1, 0.15) is 5.82 Å². The van der Waals surface area contributed by atoms with Crippen LogP contribution in [0.15, 0.2) is 41.8 Å². The lowest BCUT2D eigenvalue weighted by molar-refractivity contribution is -0.147. The molecule has 1 heterocycles. The molecule has 0 saturated heterocycles. The average Bonchev–Trinajstić information content (AvgIpc) is 3.01. The molecule has 0 spiro atoms. The van der Waals surface area contributed by atoms with E-state index in [2.05, 4.69) is 5.32 Å². The molecule has 0 saturated carbocycles. The van der Waals surface area contributed by atoms with E-state index >= 15 is 0 Å². The van der Waals surface area contributed by atoms with Crippen LogP contribution in [-0.2, 0) is 20.7 Å². The van der Waals surface area contributed by atoms with E-state index in [9.17, 15) is 14.0 Å². The Morgan fingerprint density at radius 1 is 1.18 bits per heavy atom. The Hall–Kier alpha value is -2.21. The first kappa shape index (κ1) is 16.2. The van der Waals surface area contributed by atoms with Crippen LogP contribution in [0.5, 0.6) is 0 Å². The zero-order chi connectivity index (χ0) is 15.8. The maximum Gasteiger partial charge on any atom is 0.306 e. The molecular weight excluding hydrogens is 305 g/mol. The lowest BCUT2D eigenvalue weighted by atomic mass is 10.2. The van der Waals surface area contributed by atoms with E-state index in [-0.39, 0.29) is 12.1 Å². The third-order valence-corrected chi connectivity index (χ3v) is 3.83. The van der Waals surface area contributed by atoms with Gasteiger partial charge < -0.3 is 10.1 Å². The van der Waals surface area contributed by atoms with Crippen molar-refractivity contribution in [3.63, 3.8) is 0 Å². The van der Waals surface area contributed by atoms with Crippen molar-refractivity contribution in [3.05, 3.63) is 52.5 Å². The Morgan fingerprint density at radius 3 is 2.73 bits per heavy atom. The van der Waals surface area contributed by atoms with E-state index in [1.165, 1.54) is 23.1 Å². The van der Waals surface area contributed by atoms with E-state index in [4.69, 9.17) is 4.74 Å². The highest BCUT2D eigenvalue weighted by atomic mass is 32.1. The number of esters is 1. The van der Waals surface area contributed by atoms with Gasteiger partial charge in [0.2, 0.25) is 0 Å². The first-order valence-corrected chi connectivity index (χ1v) is 7.75. The lowest BCUT2D eigenvalue weighted by Gasteiger charge is -2.07. The fourth-order valence-electron chi connectivity index (χ4n) is 1.83. The molecule has 2 rings (SSSR count). The summed E-state index contributed by atoms with van der Waals surface area (Å²) in [5, 5.41) is 4.34. The average molecular weight is 321 g/mol. The monoisotopic (exact) mass is 321 g/mol. The number of thiophene rings is 1. The van der Waals surface area contributed by atoms with Gasteiger partial charge in [-0.05, 0) is 36.4 Å². The number of carbonyl (C=O) groups excluding carboxylic acids is 2. The second kappa shape index (κ2) is 8.29. The molecule has 6 heteroatoms. The minimum Gasteiger partial charge on any atom is -0.456 e. The predicted molar refractivity (Wildman–Crippen MR) is 83.2 cm³/mol. The number of amides is 1. The highest BCUT2D eigenvalue weighted by Crippen LogP contribution is 2.13. The van der Waals surface area contributed by atoms with Crippen molar-refractivity contribution in [2.24, 2.45) is 0 Å². The third kappa shape index (κ3) is 5.29. The molecule has 4 nitrogen and oxygen atoms in total. The number of ether oxygens (including phenoxy) is 1. The molecule has 22 heavy (non-hydrogen) atoms. The molecule has 116 valence electrons. The largest absolute Gasteiger partial charge is 0.456 e. The summed E-state index contributed by atoms with van der Waals surface area (Å²) in [6, 6.07) is 9.79. The Morgan fingerprint density at radius 2 is 2.00 bits per heavy atom. The first-order valence-electron chi connectivity index (χ1n) is 6.87. The summed E-state index contributed by atoms with van der Waals surface area (Å²) in [5.74, 6) is -1.52. The summed E-state index contributed by atoms with van der Waals surface area (Å²) >= 11 is 1.64. The highest BCUT2D eigenvalue weighted by Gasteiger charge is 2.10. The molecule has 0 aliphatic rings. The van der Waals surface area contributed by atoms with E-state index < -0.39 is 24.3 Å². The molecule has 1 amide bonds. The number of hydrogen-bond donors (Lipinski definition) is 1. The van der Waals surface area contributed by atoms with Gasteiger partial charge in [0.15, 0.2) is 6.61 Å². The predicted octanol–water partition coefficient (Wildman–Crippen LogP) is 3.39. The van der Waals surface area contributed by atoms with Crippen molar-refractivity contribution in [3.8, 4) is 0 Å². The summed E-state index contributed by atoms with van der Waals surface area (Å²) < 4.78 is 18.2.